The molecule has 2 nitrogen and oxygen atoms in total. The minimum absolute atomic E-state index is 0.299. The number of hydrogen-bond acceptors (Lipinski definition) is 2. The summed E-state index contributed by atoms with van der Waals surface area (Å²) in [5.74, 6) is 0.976. The van der Waals surface area contributed by atoms with Crippen molar-refractivity contribution in [2.75, 3.05) is 6.54 Å². The van der Waals surface area contributed by atoms with Crippen LogP contribution in [0.5, 0.6) is 0 Å². The second kappa shape index (κ2) is 4.89. The Morgan fingerprint density at radius 3 is 2.12 bits per heavy atom. The predicted octanol–water partition coefficient (Wildman–Crippen LogP) is 3.01. The maximum Gasteiger partial charge on any atom is 0.0298 e. The summed E-state index contributed by atoms with van der Waals surface area (Å²) in [5.41, 5.74) is 6.72. The molecule has 2 heteroatoms. The van der Waals surface area contributed by atoms with Gasteiger partial charge in [-0.15, -0.1) is 0 Å². The standard InChI is InChI=1S/C15H30N2/c1-5-13(16)14(15(2,3)4)17(12-8-9-12)10-11-6-7-11/h11-14H,5-10,16H2,1-4H3. The lowest BCUT2D eigenvalue weighted by molar-refractivity contribution is 0.0647. The van der Waals surface area contributed by atoms with E-state index in [9.17, 15) is 0 Å². The van der Waals surface area contributed by atoms with Gasteiger partial charge >= 0.3 is 0 Å². The molecule has 0 spiro atoms. The van der Waals surface area contributed by atoms with Crippen molar-refractivity contribution in [3.63, 3.8) is 0 Å². The summed E-state index contributed by atoms with van der Waals surface area (Å²) in [4.78, 5) is 2.77. The highest BCUT2D eigenvalue weighted by atomic mass is 15.2. The Kier molecular flexibility index (Phi) is 3.84. The van der Waals surface area contributed by atoms with Gasteiger partial charge in [0, 0.05) is 24.7 Å². The summed E-state index contributed by atoms with van der Waals surface area (Å²) in [7, 11) is 0. The lowest BCUT2D eigenvalue weighted by Gasteiger charge is -2.44. The topological polar surface area (TPSA) is 29.3 Å². The van der Waals surface area contributed by atoms with Crippen molar-refractivity contribution >= 4 is 0 Å². The van der Waals surface area contributed by atoms with Crippen LogP contribution < -0.4 is 5.73 Å². The molecule has 2 fully saturated rings. The van der Waals surface area contributed by atoms with E-state index < -0.39 is 0 Å². The molecule has 2 N–H and O–H groups in total. The number of rotatable bonds is 6. The molecule has 0 saturated heterocycles. The Labute approximate surface area is 107 Å². The average Bonchev–Trinajstić information content (AvgIpc) is 3.07. The Hall–Kier alpha value is -0.0800. The van der Waals surface area contributed by atoms with Gasteiger partial charge in [-0.1, -0.05) is 27.7 Å². The van der Waals surface area contributed by atoms with Crippen LogP contribution in [-0.4, -0.2) is 29.6 Å². The zero-order valence-electron chi connectivity index (χ0n) is 12.1. The fraction of sp³-hybridized carbons (Fsp3) is 1.00. The lowest BCUT2D eigenvalue weighted by Crippen LogP contribution is -2.55. The van der Waals surface area contributed by atoms with Gasteiger partial charge in [-0.25, -0.2) is 0 Å². The van der Waals surface area contributed by atoms with E-state index in [-0.39, 0.29) is 0 Å². The van der Waals surface area contributed by atoms with Crippen molar-refractivity contribution in [1.29, 1.82) is 0 Å². The van der Waals surface area contributed by atoms with Crippen LogP contribution in [0.15, 0.2) is 0 Å². The first-order valence-electron chi connectivity index (χ1n) is 7.44. The molecule has 0 aromatic rings. The van der Waals surface area contributed by atoms with Gasteiger partial charge in [0.2, 0.25) is 0 Å². The molecular weight excluding hydrogens is 208 g/mol. The van der Waals surface area contributed by atoms with Crippen LogP contribution in [0, 0.1) is 11.3 Å². The first-order chi connectivity index (χ1) is 7.93. The molecular formula is C15H30N2. The molecule has 100 valence electrons. The second-order valence-electron chi connectivity index (χ2n) is 7.25. The fourth-order valence-electron chi connectivity index (χ4n) is 3.10. The zero-order valence-corrected chi connectivity index (χ0v) is 12.1. The molecule has 0 amide bonds. The first kappa shape index (κ1) is 13.4. The lowest BCUT2D eigenvalue weighted by atomic mass is 9.80. The fourth-order valence-corrected chi connectivity index (χ4v) is 3.10. The molecule has 2 rings (SSSR count). The van der Waals surface area contributed by atoms with Crippen LogP contribution in [0.4, 0.5) is 0 Å². The van der Waals surface area contributed by atoms with Crippen molar-refractivity contribution in [2.24, 2.45) is 17.1 Å². The molecule has 2 aliphatic rings. The molecule has 0 aromatic heterocycles. The van der Waals surface area contributed by atoms with Gasteiger partial charge in [0.15, 0.2) is 0 Å². The molecule has 17 heavy (non-hydrogen) atoms. The SMILES string of the molecule is CCC(N)C(N(CC1CC1)C1CC1)C(C)(C)C. The summed E-state index contributed by atoms with van der Waals surface area (Å²) >= 11 is 0. The summed E-state index contributed by atoms with van der Waals surface area (Å²) < 4.78 is 0. The van der Waals surface area contributed by atoms with Crippen LogP contribution in [0.25, 0.3) is 0 Å². The number of nitrogens with zero attached hydrogens (tertiary/aromatic N) is 1. The summed E-state index contributed by atoms with van der Waals surface area (Å²) in [6, 6.07) is 1.73. The largest absolute Gasteiger partial charge is 0.326 e. The highest BCUT2D eigenvalue weighted by Gasteiger charge is 2.43. The third kappa shape index (κ3) is 3.45. The van der Waals surface area contributed by atoms with Gasteiger partial charge in [0.1, 0.15) is 0 Å². The minimum Gasteiger partial charge on any atom is -0.326 e. The van der Waals surface area contributed by atoms with Gasteiger partial charge in [0.25, 0.3) is 0 Å². The van der Waals surface area contributed by atoms with Gasteiger partial charge in [-0.3, -0.25) is 4.90 Å². The van der Waals surface area contributed by atoms with Crippen LogP contribution >= 0.6 is 0 Å². The summed E-state index contributed by atoms with van der Waals surface area (Å²) in [6.07, 6.45) is 6.78. The Balaban J connectivity index is 2.09. The molecule has 2 saturated carbocycles. The molecule has 0 heterocycles. The highest BCUT2D eigenvalue weighted by molar-refractivity contribution is 4.99. The van der Waals surface area contributed by atoms with E-state index in [1.54, 1.807) is 0 Å². The number of nitrogens with two attached hydrogens (primary N) is 1. The maximum atomic E-state index is 6.42. The third-order valence-electron chi connectivity index (χ3n) is 4.30. The van der Waals surface area contributed by atoms with E-state index in [0.717, 1.165) is 18.4 Å². The average molecular weight is 238 g/mol. The highest BCUT2D eigenvalue weighted by Crippen LogP contribution is 2.40. The molecule has 0 bridgehead atoms. The van der Waals surface area contributed by atoms with Crippen LogP contribution in [-0.2, 0) is 0 Å². The van der Waals surface area contributed by atoms with Crippen molar-refractivity contribution in [1.82, 2.24) is 4.90 Å². The predicted molar refractivity (Wildman–Crippen MR) is 74.0 cm³/mol. The number of hydrogen-bond donors (Lipinski definition) is 1. The Morgan fingerprint density at radius 1 is 1.18 bits per heavy atom. The van der Waals surface area contributed by atoms with E-state index >= 15 is 0 Å². The van der Waals surface area contributed by atoms with Crippen LogP contribution in [0.3, 0.4) is 0 Å². The van der Waals surface area contributed by atoms with Crippen LogP contribution in [0.2, 0.25) is 0 Å². The molecule has 2 aliphatic carbocycles. The smallest absolute Gasteiger partial charge is 0.0298 e. The van der Waals surface area contributed by atoms with Gasteiger partial charge in [0.05, 0.1) is 0 Å². The molecule has 2 atom stereocenters. The third-order valence-corrected chi connectivity index (χ3v) is 4.30. The van der Waals surface area contributed by atoms with Crippen LogP contribution in [0.1, 0.15) is 59.8 Å². The maximum absolute atomic E-state index is 6.42. The minimum atomic E-state index is 0.299. The van der Waals surface area contributed by atoms with E-state index in [0.29, 0.717) is 17.5 Å². The van der Waals surface area contributed by atoms with Crippen molar-refractivity contribution in [2.45, 2.75) is 77.9 Å². The van der Waals surface area contributed by atoms with E-state index in [1.165, 1.54) is 32.2 Å². The molecule has 0 aromatic carbocycles. The van der Waals surface area contributed by atoms with Gasteiger partial charge in [-0.2, -0.15) is 0 Å². The molecule has 0 aliphatic heterocycles. The van der Waals surface area contributed by atoms with E-state index in [2.05, 4.69) is 32.6 Å². The first-order valence-corrected chi connectivity index (χ1v) is 7.44. The quantitative estimate of drug-likeness (QED) is 0.771. The normalized spacial score (nSPS) is 25.1. The zero-order chi connectivity index (χ0) is 12.6. The summed E-state index contributed by atoms with van der Waals surface area (Å²) in [6.45, 7) is 10.6. The van der Waals surface area contributed by atoms with E-state index in [1.807, 2.05) is 0 Å². The molecule has 2 unspecified atom stereocenters. The Morgan fingerprint density at radius 2 is 1.76 bits per heavy atom. The Bertz CT molecular complexity index is 248. The van der Waals surface area contributed by atoms with Crippen molar-refractivity contribution in [3.8, 4) is 0 Å². The molecule has 0 radical (unpaired) electrons. The van der Waals surface area contributed by atoms with Gasteiger partial charge in [-0.05, 0) is 43.4 Å². The van der Waals surface area contributed by atoms with Gasteiger partial charge < -0.3 is 5.73 Å². The van der Waals surface area contributed by atoms with E-state index in [4.69, 9.17) is 5.73 Å². The summed E-state index contributed by atoms with van der Waals surface area (Å²) in [5, 5.41) is 0. The monoisotopic (exact) mass is 238 g/mol. The second-order valence-corrected chi connectivity index (χ2v) is 7.25. The van der Waals surface area contributed by atoms with Crippen molar-refractivity contribution < 1.29 is 0 Å². The van der Waals surface area contributed by atoms with Crippen molar-refractivity contribution in [3.05, 3.63) is 0 Å².